The van der Waals surface area contributed by atoms with E-state index in [0.29, 0.717) is 16.6 Å². The van der Waals surface area contributed by atoms with E-state index in [2.05, 4.69) is 10.3 Å². The Kier molecular flexibility index (Phi) is 4.87. The van der Waals surface area contributed by atoms with Crippen LogP contribution in [0.5, 0.6) is 0 Å². The largest absolute Gasteiger partial charge is 0.325 e. The lowest BCUT2D eigenvalue weighted by molar-refractivity contribution is -0.116. The van der Waals surface area contributed by atoms with Crippen molar-refractivity contribution in [3.8, 4) is 11.4 Å². The number of amides is 1. The summed E-state index contributed by atoms with van der Waals surface area (Å²) < 4.78 is 28.6. The van der Waals surface area contributed by atoms with Crippen molar-refractivity contribution in [2.24, 2.45) is 0 Å². The molecule has 7 heteroatoms. The molecule has 0 aliphatic rings. The molecule has 0 spiro atoms. The van der Waals surface area contributed by atoms with E-state index in [1.54, 1.807) is 30.3 Å². The molecule has 4 rings (SSSR count). The first-order valence-corrected chi connectivity index (χ1v) is 8.83. The maximum Gasteiger partial charge on any atom is 0.262 e. The SMILES string of the molecule is O=C(Cn1c(-c2ccccc2F)nc2ccccc2c1=O)Nc1ccc(F)cc1. The average molecular weight is 391 g/mol. The summed E-state index contributed by atoms with van der Waals surface area (Å²) in [4.78, 5) is 30.0. The number of hydrogen-bond donors (Lipinski definition) is 1. The summed E-state index contributed by atoms with van der Waals surface area (Å²) in [6.07, 6.45) is 0. The number of benzene rings is 3. The van der Waals surface area contributed by atoms with Crippen molar-refractivity contribution in [2.75, 3.05) is 5.32 Å². The molecule has 1 amide bonds. The smallest absolute Gasteiger partial charge is 0.262 e. The van der Waals surface area contributed by atoms with Gasteiger partial charge in [-0.15, -0.1) is 0 Å². The lowest BCUT2D eigenvalue weighted by atomic mass is 10.1. The summed E-state index contributed by atoms with van der Waals surface area (Å²) in [6, 6.07) is 17.8. The summed E-state index contributed by atoms with van der Waals surface area (Å²) in [6.45, 7) is -0.377. The highest BCUT2D eigenvalue weighted by Crippen LogP contribution is 2.22. The van der Waals surface area contributed by atoms with E-state index in [0.717, 1.165) is 4.57 Å². The third-order valence-electron chi connectivity index (χ3n) is 4.41. The minimum absolute atomic E-state index is 0.0565. The van der Waals surface area contributed by atoms with E-state index >= 15 is 0 Å². The normalized spacial score (nSPS) is 10.8. The molecule has 0 radical (unpaired) electrons. The number of nitrogens with zero attached hydrogens (tertiary/aromatic N) is 2. The van der Waals surface area contributed by atoms with E-state index in [4.69, 9.17) is 0 Å². The van der Waals surface area contributed by atoms with E-state index in [-0.39, 0.29) is 17.9 Å². The van der Waals surface area contributed by atoms with E-state index < -0.39 is 23.1 Å². The van der Waals surface area contributed by atoms with Crippen molar-refractivity contribution >= 4 is 22.5 Å². The third kappa shape index (κ3) is 3.75. The molecule has 0 unspecified atom stereocenters. The van der Waals surface area contributed by atoms with Crippen LogP contribution < -0.4 is 10.9 Å². The summed E-state index contributed by atoms with van der Waals surface area (Å²) in [5.41, 5.74) is 0.449. The molecule has 1 heterocycles. The van der Waals surface area contributed by atoms with Gasteiger partial charge in [0.05, 0.1) is 16.5 Å². The van der Waals surface area contributed by atoms with Crippen molar-refractivity contribution < 1.29 is 13.6 Å². The molecule has 0 atom stereocenters. The lowest BCUT2D eigenvalue weighted by Gasteiger charge is -2.14. The number of carbonyl (C=O) groups excluding carboxylic acids is 1. The molecule has 1 N–H and O–H groups in total. The molecular weight excluding hydrogens is 376 g/mol. The van der Waals surface area contributed by atoms with Crippen molar-refractivity contribution in [3.63, 3.8) is 0 Å². The fourth-order valence-corrected chi connectivity index (χ4v) is 3.04. The highest BCUT2D eigenvalue weighted by Gasteiger charge is 2.17. The number of halogens is 2. The van der Waals surface area contributed by atoms with Crippen LogP contribution in [0.1, 0.15) is 0 Å². The molecule has 0 bridgehead atoms. The first-order valence-electron chi connectivity index (χ1n) is 8.83. The van der Waals surface area contributed by atoms with Gasteiger partial charge < -0.3 is 5.32 Å². The number of fused-ring (bicyclic) bond motifs is 1. The van der Waals surface area contributed by atoms with E-state index in [9.17, 15) is 18.4 Å². The van der Waals surface area contributed by atoms with Gasteiger partial charge in [0.2, 0.25) is 5.91 Å². The second kappa shape index (κ2) is 7.63. The highest BCUT2D eigenvalue weighted by atomic mass is 19.1. The molecular formula is C22H15F2N3O2. The Morgan fingerprint density at radius 1 is 0.931 bits per heavy atom. The lowest BCUT2D eigenvalue weighted by Crippen LogP contribution is -2.30. The van der Waals surface area contributed by atoms with Gasteiger partial charge in [-0.05, 0) is 48.5 Å². The molecule has 3 aromatic carbocycles. The molecule has 5 nitrogen and oxygen atoms in total. The van der Waals surface area contributed by atoms with E-state index in [1.165, 1.54) is 42.5 Å². The molecule has 0 fully saturated rings. The first kappa shape index (κ1) is 18.5. The zero-order chi connectivity index (χ0) is 20.4. The van der Waals surface area contributed by atoms with Gasteiger partial charge in [-0.25, -0.2) is 13.8 Å². The van der Waals surface area contributed by atoms with Crippen molar-refractivity contribution in [1.82, 2.24) is 9.55 Å². The number of anilines is 1. The van der Waals surface area contributed by atoms with Gasteiger partial charge >= 0.3 is 0 Å². The number of carbonyl (C=O) groups is 1. The topological polar surface area (TPSA) is 64.0 Å². The van der Waals surface area contributed by atoms with Crippen LogP contribution in [0, 0.1) is 11.6 Å². The first-order chi connectivity index (χ1) is 14.0. The van der Waals surface area contributed by atoms with Gasteiger partial charge in [0, 0.05) is 5.69 Å². The Labute approximate surface area is 164 Å². The Morgan fingerprint density at radius 3 is 2.38 bits per heavy atom. The van der Waals surface area contributed by atoms with Gasteiger partial charge in [0.25, 0.3) is 5.56 Å². The van der Waals surface area contributed by atoms with Crippen molar-refractivity contribution in [1.29, 1.82) is 0 Å². The maximum absolute atomic E-state index is 14.4. The van der Waals surface area contributed by atoms with Crippen LogP contribution in [0.3, 0.4) is 0 Å². The Hall–Kier alpha value is -3.87. The second-order valence-corrected chi connectivity index (χ2v) is 6.38. The molecule has 0 aliphatic carbocycles. The quantitative estimate of drug-likeness (QED) is 0.572. The van der Waals surface area contributed by atoms with Crippen LogP contribution in [-0.4, -0.2) is 15.5 Å². The van der Waals surface area contributed by atoms with Crippen molar-refractivity contribution in [2.45, 2.75) is 6.54 Å². The number of para-hydroxylation sites is 1. The second-order valence-electron chi connectivity index (χ2n) is 6.38. The fraction of sp³-hybridized carbons (Fsp3) is 0.0455. The van der Waals surface area contributed by atoms with Gasteiger partial charge in [0.1, 0.15) is 24.0 Å². The standard InChI is InChI=1S/C22H15F2N3O2/c23-14-9-11-15(12-10-14)25-20(28)13-27-21(16-5-1-3-7-18(16)24)26-19-8-4-2-6-17(19)22(27)29/h1-12H,13H2,(H,25,28). The van der Waals surface area contributed by atoms with Crippen LogP contribution in [0.4, 0.5) is 14.5 Å². The molecule has 4 aromatic rings. The van der Waals surface area contributed by atoms with E-state index in [1.807, 2.05) is 0 Å². The molecule has 0 saturated carbocycles. The van der Waals surface area contributed by atoms with Crippen LogP contribution in [0.2, 0.25) is 0 Å². The average Bonchev–Trinajstić information content (AvgIpc) is 2.72. The van der Waals surface area contributed by atoms with Gasteiger partial charge in [-0.1, -0.05) is 24.3 Å². The van der Waals surface area contributed by atoms with Gasteiger partial charge in [0.15, 0.2) is 0 Å². The molecule has 0 saturated heterocycles. The summed E-state index contributed by atoms with van der Waals surface area (Å²) in [5.74, 6) is -1.45. The maximum atomic E-state index is 14.4. The molecule has 29 heavy (non-hydrogen) atoms. The summed E-state index contributed by atoms with van der Waals surface area (Å²) in [5, 5.41) is 2.92. The molecule has 1 aromatic heterocycles. The fourth-order valence-electron chi connectivity index (χ4n) is 3.04. The predicted molar refractivity (Wildman–Crippen MR) is 106 cm³/mol. The number of rotatable bonds is 4. The number of aromatic nitrogens is 2. The zero-order valence-corrected chi connectivity index (χ0v) is 15.1. The number of nitrogens with one attached hydrogen (secondary N) is 1. The third-order valence-corrected chi connectivity index (χ3v) is 4.41. The van der Waals surface area contributed by atoms with Crippen LogP contribution >= 0.6 is 0 Å². The van der Waals surface area contributed by atoms with Crippen LogP contribution in [0.25, 0.3) is 22.3 Å². The monoisotopic (exact) mass is 391 g/mol. The van der Waals surface area contributed by atoms with Crippen molar-refractivity contribution in [3.05, 3.63) is 94.8 Å². The van der Waals surface area contributed by atoms with Gasteiger partial charge in [-0.3, -0.25) is 14.2 Å². The Bertz CT molecular complexity index is 1270. The van der Waals surface area contributed by atoms with Crippen LogP contribution in [0.15, 0.2) is 77.6 Å². The van der Waals surface area contributed by atoms with Crippen LogP contribution in [-0.2, 0) is 11.3 Å². The Balaban J connectivity index is 1.79. The Morgan fingerprint density at radius 2 is 1.62 bits per heavy atom. The van der Waals surface area contributed by atoms with Gasteiger partial charge in [-0.2, -0.15) is 0 Å². The predicted octanol–water partition coefficient (Wildman–Crippen LogP) is 3.98. The highest BCUT2D eigenvalue weighted by molar-refractivity contribution is 5.91. The zero-order valence-electron chi connectivity index (χ0n) is 15.1. The minimum Gasteiger partial charge on any atom is -0.325 e. The minimum atomic E-state index is -0.553. The summed E-state index contributed by atoms with van der Waals surface area (Å²) in [7, 11) is 0. The molecule has 0 aliphatic heterocycles. The summed E-state index contributed by atoms with van der Waals surface area (Å²) >= 11 is 0. The number of hydrogen-bond acceptors (Lipinski definition) is 3. The molecule has 144 valence electrons.